The average molecular weight is 177 g/mol. The molecule has 0 bridgehead atoms. The lowest BCUT2D eigenvalue weighted by Gasteiger charge is -1.97. The van der Waals surface area contributed by atoms with E-state index in [1.165, 1.54) is 12.2 Å². The largest absolute Gasteiger partial charge is 0.405 e. The summed E-state index contributed by atoms with van der Waals surface area (Å²) in [6, 6.07) is 0. The molecule has 0 amide bonds. The second-order valence-electron chi connectivity index (χ2n) is 1.73. The average Bonchev–Trinajstić information content (AvgIpc) is 1.97. The van der Waals surface area contributed by atoms with Crippen molar-refractivity contribution in [2.24, 2.45) is 5.73 Å². The quantitative estimate of drug-likeness (QED) is 0.473. The number of rotatable bonds is 5. The summed E-state index contributed by atoms with van der Waals surface area (Å²) in [7, 11) is -3.44. The zero-order chi connectivity index (χ0) is 8.74. The molecule has 0 unspecified atom stereocenters. The van der Waals surface area contributed by atoms with Gasteiger partial charge in [-0.2, -0.15) is 8.42 Å². The minimum atomic E-state index is -3.44. The zero-order valence-corrected chi connectivity index (χ0v) is 6.88. The van der Waals surface area contributed by atoms with Crippen LogP contribution in [0.4, 0.5) is 0 Å². The Morgan fingerprint density at radius 3 is 2.64 bits per heavy atom. The predicted octanol–water partition coefficient (Wildman–Crippen LogP) is -0.00880. The minimum absolute atomic E-state index is 0.000739. The molecule has 0 aromatic rings. The molecule has 2 N–H and O–H groups in total. The molecular formula is C6H11NO3S. The molecule has 0 aromatic heterocycles. The van der Waals surface area contributed by atoms with Crippen molar-refractivity contribution in [3.05, 3.63) is 24.9 Å². The lowest BCUT2D eigenvalue weighted by atomic mass is 10.7. The van der Waals surface area contributed by atoms with Gasteiger partial charge in [0.25, 0.3) is 10.1 Å². The van der Waals surface area contributed by atoms with Crippen molar-refractivity contribution in [1.29, 1.82) is 0 Å². The van der Waals surface area contributed by atoms with Crippen molar-refractivity contribution in [1.82, 2.24) is 0 Å². The van der Waals surface area contributed by atoms with Crippen LogP contribution in [0, 0.1) is 0 Å². The van der Waals surface area contributed by atoms with Crippen LogP contribution in [0.25, 0.3) is 0 Å². The Morgan fingerprint density at radius 1 is 1.55 bits per heavy atom. The minimum Gasteiger partial charge on any atom is -0.405 e. The van der Waals surface area contributed by atoms with E-state index in [0.29, 0.717) is 0 Å². The van der Waals surface area contributed by atoms with Crippen LogP contribution in [-0.4, -0.2) is 20.8 Å². The number of nitrogens with two attached hydrogens (primary N) is 1. The van der Waals surface area contributed by atoms with Crippen LogP contribution in [0.15, 0.2) is 24.9 Å². The van der Waals surface area contributed by atoms with Gasteiger partial charge in [-0.3, -0.25) is 4.18 Å². The van der Waals surface area contributed by atoms with Crippen LogP contribution >= 0.6 is 0 Å². The van der Waals surface area contributed by atoms with Crippen molar-refractivity contribution >= 4 is 10.1 Å². The predicted molar refractivity (Wildman–Crippen MR) is 43.3 cm³/mol. The Kier molecular flexibility index (Phi) is 4.56. The molecule has 11 heavy (non-hydrogen) atoms. The Balaban J connectivity index is 3.91. The highest BCUT2D eigenvalue weighted by molar-refractivity contribution is 7.86. The van der Waals surface area contributed by atoms with Gasteiger partial charge in [-0.25, -0.2) is 0 Å². The lowest BCUT2D eigenvalue weighted by Crippen LogP contribution is -2.09. The van der Waals surface area contributed by atoms with Crippen LogP contribution < -0.4 is 5.73 Å². The van der Waals surface area contributed by atoms with Gasteiger partial charge < -0.3 is 5.73 Å². The highest BCUT2D eigenvalue weighted by Gasteiger charge is 2.05. The molecule has 0 aliphatic rings. The molecule has 0 saturated heterocycles. The molecule has 0 spiro atoms. The topological polar surface area (TPSA) is 69.4 Å². The van der Waals surface area contributed by atoms with Gasteiger partial charge >= 0.3 is 0 Å². The van der Waals surface area contributed by atoms with Crippen molar-refractivity contribution in [3.8, 4) is 0 Å². The van der Waals surface area contributed by atoms with E-state index in [4.69, 9.17) is 5.73 Å². The van der Waals surface area contributed by atoms with Gasteiger partial charge in [0.15, 0.2) is 0 Å². The summed E-state index contributed by atoms with van der Waals surface area (Å²) >= 11 is 0. The molecule has 0 aliphatic heterocycles. The first-order chi connectivity index (χ1) is 5.12. The molecule has 0 aliphatic carbocycles. The standard InChI is InChI=1S/C6H11NO3S/c1-2-5-10-11(8,9)6-3-4-7/h2-4H,1,5-7H2. The summed E-state index contributed by atoms with van der Waals surface area (Å²) in [5, 5.41) is 0. The van der Waals surface area contributed by atoms with Gasteiger partial charge in [-0.1, -0.05) is 12.2 Å². The van der Waals surface area contributed by atoms with E-state index >= 15 is 0 Å². The molecule has 0 heterocycles. The molecule has 0 aromatic carbocycles. The van der Waals surface area contributed by atoms with Crippen LogP contribution in [0.2, 0.25) is 0 Å². The smallest absolute Gasteiger partial charge is 0.271 e. The molecular weight excluding hydrogens is 166 g/mol. The highest BCUT2D eigenvalue weighted by atomic mass is 32.2. The van der Waals surface area contributed by atoms with Gasteiger partial charge in [-0.15, -0.1) is 6.58 Å². The van der Waals surface area contributed by atoms with Gasteiger partial charge in [-0.05, 0) is 6.20 Å². The van der Waals surface area contributed by atoms with Crippen LogP contribution in [0.5, 0.6) is 0 Å². The molecule has 0 saturated carbocycles. The second-order valence-corrected chi connectivity index (χ2v) is 3.41. The Hall–Kier alpha value is -0.810. The van der Waals surface area contributed by atoms with Gasteiger partial charge in [0.1, 0.15) is 0 Å². The summed E-state index contributed by atoms with van der Waals surface area (Å²) in [6.45, 7) is 3.31. The van der Waals surface area contributed by atoms with E-state index in [0.717, 1.165) is 6.20 Å². The fraction of sp³-hybridized carbons (Fsp3) is 0.333. The Labute approximate surface area is 66.5 Å². The van der Waals surface area contributed by atoms with Crippen LogP contribution in [-0.2, 0) is 14.3 Å². The first kappa shape index (κ1) is 10.2. The molecule has 64 valence electrons. The van der Waals surface area contributed by atoms with Crippen LogP contribution in [0.1, 0.15) is 0 Å². The van der Waals surface area contributed by atoms with Crippen molar-refractivity contribution < 1.29 is 12.6 Å². The number of hydrogen-bond donors (Lipinski definition) is 1. The third-order valence-electron chi connectivity index (χ3n) is 0.802. The van der Waals surface area contributed by atoms with Gasteiger partial charge in [0, 0.05) is 0 Å². The molecule has 4 nitrogen and oxygen atoms in total. The summed E-state index contributed by atoms with van der Waals surface area (Å²) in [5.74, 6) is -0.197. The fourth-order valence-corrected chi connectivity index (χ4v) is 1.12. The van der Waals surface area contributed by atoms with Crippen molar-refractivity contribution in [2.75, 3.05) is 12.4 Å². The zero-order valence-electron chi connectivity index (χ0n) is 6.06. The third-order valence-corrected chi connectivity index (χ3v) is 1.90. The monoisotopic (exact) mass is 177 g/mol. The molecule has 0 radical (unpaired) electrons. The Bertz CT molecular complexity index is 230. The molecule has 0 atom stereocenters. The number of hydrogen-bond acceptors (Lipinski definition) is 4. The molecule has 5 heteroatoms. The first-order valence-electron chi connectivity index (χ1n) is 2.97. The van der Waals surface area contributed by atoms with Gasteiger partial charge in [0.05, 0.1) is 12.4 Å². The SMILES string of the molecule is C=CCOS(=O)(=O)CC=CN. The van der Waals surface area contributed by atoms with Crippen molar-refractivity contribution in [3.63, 3.8) is 0 Å². The van der Waals surface area contributed by atoms with Crippen LogP contribution in [0.3, 0.4) is 0 Å². The van der Waals surface area contributed by atoms with E-state index in [2.05, 4.69) is 10.8 Å². The van der Waals surface area contributed by atoms with Crippen molar-refractivity contribution in [2.45, 2.75) is 0 Å². The summed E-state index contributed by atoms with van der Waals surface area (Å²) in [4.78, 5) is 0. The van der Waals surface area contributed by atoms with E-state index in [1.807, 2.05) is 0 Å². The first-order valence-corrected chi connectivity index (χ1v) is 4.55. The lowest BCUT2D eigenvalue weighted by molar-refractivity contribution is 0.359. The summed E-state index contributed by atoms with van der Waals surface area (Å²) < 4.78 is 26.0. The van der Waals surface area contributed by atoms with E-state index in [1.54, 1.807) is 0 Å². The normalized spacial score (nSPS) is 12.0. The molecule has 0 rings (SSSR count). The maximum absolute atomic E-state index is 10.8. The van der Waals surface area contributed by atoms with Gasteiger partial charge in [0.2, 0.25) is 0 Å². The third kappa shape index (κ3) is 5.63. The van der Waals surface area contributed by atoms with E-state index < -0.39 is 10.1 Å². The Morgan fingerprint density at radius 2 is 2.18 bits per heavy atom. The van der Waals surface area contributed by atoms with E-state index in [-0.39, 0.29) is 12.4 Å². The fourth-order valence-electron chi connectivity index (χ4n) is 0.373. The van der Waals surface area contributed by atoms with E-state index in [9.17, 15) is 8.42 Å². The summed E-state index contributed by atoms with van der Waals surface area (Å²) in [6.07, 6.45) is 3.83. The summed E-state index contributed by atoms with van der Waals surface area (Å²) in [5.41, 5.74) is 4.94. The second kappa shape index (κ2) is 4.92. The molecule has 0 fully saturated rings. The highest BCUT2D eigenvalue weighted by Crippen LogP contribution is 1.92. The maximum Gasteiger partial charge on any atom is 0.271 e. The maximum atomic E-state index is 10.8.